The first kappa shape index (κ1) is 13.2. The molecule has 0 heterocycles. The molecule has 0 unspecified atom stereocenters. The Kier molecular flexibility index (Phi) is 4.26. The Bertz CT molecular complexity index is 381. The normalized spacial score (nSPS) is 12.6. The molecule has 4 nitrogen and oxygen atoms in total. The van der Waals surface area contributed by atoms with Gasteiger partial charge in [0.25, 0.3) is 0 Å². The highest BCUT2D eigenvalue weighted by molar-refractivity contribution is 5.72. The molecule has 0 saturated carbocycles. The van der Waals surface area contributed by atoms with Gasteiger partial charge in [-0.15, -0.1) is 0 Å². The van der Waals surface area contributed by atoms with Gasteiger partial charge in [-0.3, -0.25) is 4.79 Å². The molecule has 0 bridgehead atoms. The fourth-order valence-electron chi connectivity index (χ4n) is 1.27. The predicted octanol–water partition coefficient (Wildman–Crippen LogP) is 2.45. The van der Waals surface area contributed by atoms with E-state index in [1.54, 1.807) is 24.3 Å². The average molecular weight is 235 g/mol. The average Bonchev–Trinajstić information content (AvgIpc) is 2.24. The van der Waals surface area contributed by atoms with E-state index in [0.717, 1.165) is 0 Å². The van der Waals surface area contributed by atoms with Gasteiger partial charge in [-0.05, 0) is 26.3 Å². The Balaban J connectivity index is 2.66. The second-order valence-electron chi connectivity index (χ2n) is 4.75. The van der Waals surface area contributed by atoms with E-state index >= 15 is 0 Å². The van der Waals surface area contributed by atoms with E-state index in [1.165, 1.54) is 0 Å². The lowest BCUT2D eigenvalue weighted by atomic mass is 10.1. The van der Waals surface area contributed by atoms with Crippen LogP contribution in [0, 0.1) is 0 Å². The first-order chi connectivity index (χ1) is 7.92. The molecule has 0 aliphatic rings. The highest BCUT2D eigenvalue weighted by atomic mass is 16.6. The van der Waals surface area contributed by atoms with Crippen LogP contribution < -0.4 is 5.32 Å². The summed E-state index contributed by atoms with van der Waals surface area (Å²) in [5.41, 5.74) is 0.271. The van der Waals surface area contributed by atoms with Crippen molar-refractivity contribution in [1.82, 2.24) is 5.32 Å². The number of hydrogen-bond donors (Lipinski definition) is 1. The number of aldehydes is 1. The first-order valence-electron chi connectivity index (χ1n) is 5.41. The van der Waals surface area contributed by atoms with Crippen LogP contribution in [0.1, 0.15) is 32.4 Å². The van der Waals surface area contributed by atoms with E-state index in [1.807, 2.05) is 26.8 Å². The number of nitrogens with one attached hydrogen (secondary N) is 1. The van der Waals surface area contributed by atoms with E-state index in [-0.39, 0.29) is 5.54 Å². The van der Waals surface area contributed by atoms with E-state index in [9.17, 15) is 9.59 Å². The van der Waals surface area contributed by atoms with Gasteiger partial charge in [0.1, 0.15) is 0 Å². The molecule has 92 valence electrons. The van der Waals surface area contributed by atoms with Crippen LogP contribution >= 0.6 is 0 Å². The third-order valence-corrected chi connectivity index (χ3v) is 1.96. The summed E-state index contributed by atoms with van der Waals surface area (Å²) < 4.78 is 5.04. The van der Waals surface area contributed by atoms with Gasteiger partial charge in [-0.25, -0.2) is 4.79 Å². The van der Waals surface area contributed by atoms with Crippen molar-refractivity contribution < 1.29 is 14.3 Å². The van der Waals surface area contributed by atoms with E-state index in [2.05, 4.69) is 5.32 Å². The van der Waals surface area contributed by atoms with Crippen LogP contribution in [0.15, 0.2) is 30.3 Å². The molecule has 0 spiro atoms. The summed E-state index contributed by atoms with van der Waals surface area (Å²) in [6.45, 7) is 5.52. The molecular formula is C13H17NO3. The summed E-state index contributed by atoms with van der Waals surface area (Å²) >= 11 is 0. The van der Waals surface area contributed by atoms with Gasteiger partial charge >= 0.3 is 6.09 Å². The largest absolute Gasteiger partial charge is 0.434 e. The van der Waals surface area contributed by atoms with Crippen molar-refractivity contribution in [2.45, 2.75) is 32.4 Å². The van der Waals surface area contributed by atoms with Gasteiger partial charge in [0, 0.05) is 5.54 Å². The van der Waals surface area contributed by atoms with Gasteiger partial charge in [-0.1, -0.05) is 30.3 Å². The summed E-state index contributed by atoms with van der Waals surface area (Å²) in [4.78, 5) is 22.4. The van der Waals surface area contributed by atoms with E-state index in [0.29, 0.717) is 11.8 Å². The molecule has 1 atom stereocenters. The van der Waals surface area contributed by atoms with Crippen LogP contribution in [0.3, 0.4) is 0 Å². The number of ether oxygens (including phenoxy) is 1. The molecule has 17 heavy (non-hydrogen) atoms. The van der Waals surface area contributed by atoms with Crippen molar-refractivity contribution in [3.8, 4) is 0 Å². The number of alkyl carbamates (subject to hydrolysis) is 1. The quantitative estimate of drug-likeness (QED) is 0.819. The fraction of sp³-hybridized carbons (Fsp3) is 0.385. The van der Waals surface area contributed by atoms with Gasteiger partial charge in [0.2, 0.25) is 0 Å². The van der Waals surface area contributed by atoms with Crippen LogP contribution in [0.4, 0.5) is 4.79 Å². The molecule has 0 radical (unpaired) electrons. The van der Waals surface area contributed by atoms with E-state index in [4.69, 9.17) is 4.74 Å². The van der Waals surface area contributed by atoms with Gasteiger partial charge < -0.3 is 10.1 Å². The number of carbonyl (C=O) groups excluding carboxylic acids is 2. The fourth-order valence-corrected chi connectivity index (χ4v) is 1.27. The molecule has 0 aromatic heterocycles. The van der Waals surface area contributed by atoms with Crippen molar-refractivity contribution in [3.05, 3.63) is 35.9 Å². The first-order valence-corrected chi connectivity index (χ1v) is 5.41. The van der Waals surface area contributed by atoms with Crippen molar-refractivity contribution in [2.24, 2.45) is 0 Å². The zero-order valence-corrected chi connectivity index (χ0v) is 10.3. The Morgan fingerprint density at radius 3 is 2.35 bits per heavy atom. The number of hydrogen-bond acceptors (Lipinski definition) is 3. The highest BCUT2D eigenvalue weighted by Gasteiger charge is 2.19. The predicted molar refractivity (Wildman–Crippen MR) is 64.6 cm³/mol. The zero-order valence-electron chi connectivity index (χ0n) is 10.3. The summed E-state index contributed by atoms with van der Waals surface area (Å²) in [6.07, 6.45) is -0.852. The van der Waals surface area contributed by atoms with Crippen molar-refractivity contribution in [2.75, 3.05) is 0 Å². The Hall–Kier alpha value is -1.84. The maximum Gasteiger partial charge on any atom is 0.408 e. The highest BCUT2D eigenvalue weighted by Crippen LogP contribution is 2.15. The molecule has 0 fully saturated rings. The lowest BCUT2D eigenvalue weighted by Gasteiger charge is -2.21. The molecule has 1 aromatic carbocycles. The number of amides is 1. The SMILES string of the molecule is CC(C)(C)NC(=O)O[C@@H](C=O)c1ccccc1. The number of benzene rings is 1. The molecule has 0 aliphatic carbocycles. The molecule has 1 N–H and O–H groups in total. The molecule has 0 saturated heterocycles. The van der Waals surface area contributed by atoms with Crippen LogP contribution in [-0.2, 0) is 9.53 Å². The molecule has 1 amide bonds. The Labute approximate surface area is 101 Å². The second-order valence-corrected chi connectivity index (χ2v) is 4.75. The summed E-state index contributed by atoms with van der Waals surface area (Å²) in [5.74, 6) is 0. The second kappa shape index (κ2) is 5.48. The monoisotopic (exact) mass is 235 g/mol. The van der Waals surface area contributed by atoms with Crippen molar-refractivity contribution >= 4 is 12.4 Å². The number of rotatable bonds is 3. The molecular weight excluding hydrogens is 218 g/mol. The third-order valence-electron chi connectivity index (χ3n) is 1.96. The van der Waals surface area contributed by atoms with E-state index < -0.39 is 12.2 Å². The van der Waals surface area contributed by atoms with Crippen LogP contribution in [0.25, 0.3) is 0 Å². The zero-order chi connectivity index (χ0) is 12.9. The molecule has 0 aliphatic heterocycles. The Morgan fingerprint density at radius 1 is 1.29 bits per heavy atom. The van der Waals surface area contributed by atoms with Gasteiger partial charge in [-0.2, -0.15) is 0 Å². The summed E-state index contributed by atoms with van der Waals surface area (Å²) in [7, 11) is 0. The van der Waals surface area contributed by atoms with Gasteiger partial charge in [0.15, 0.2) is 12.4 Å². The number of carbonyl (C=O) groups is 2. The molecule has 1 rings (SSSR count). The maximum atomic E-state index is 11.5. The minimum absolute atomic E-state index is 0.388. The van der Waals surface area contributed by atoms with Crippen molar-refractivity contribution in [3.63, 3.8) is 0 Å². The topological polar surface area (TPSA) is 55.4 Å². The molecule has 1 aromatic rings. The summed E-state index contributed by atoms with van der Waals surface area (Å²) in [5, 5.41) is 2.63. The minimum atomic E-state index is -0.862. The van der Waals surface area contributed by atoms with Gasteiger partial charge in [0.05, 0.1) is 0 Å². The minimum Gasteiger partial charge on any atom is -0.434 e. The Morgan fingerprint density at radius 2 is 1.88 bits per heavy atom. The van der Waals surface area contributed by atoms with Crippen LogP contribution in [-0.4, -0.2) is 17.9 Å². The lowest BCUT2D eigenvalue weighted by molar-refractivity contribution is -0.115. The molecule has 4 heteroatoms. The smallest absolute Gasteiger partial charge is 0.408 e. The van der Waals surface area contributed by atoms with Crippen molar-refractivity contribution in [1.29, 1.82) is 0 Å². The summed E-state index contributed by atoms with van der Waals surface area (Å²) in [6, 6.07) is 8.89. The lowest BCUT2D eigenvalue weighted by Crippen LogP contribution is -2.41. The standard InChI is InChI=1S/C13H17NO3/c1-13(2,3)14-12(16)17-11(9-15)10-7-5-4-6-8-10/h4-9,11H,1-3H3,(H,14,16)/t11-/m0/s1. The van der Waals surface area contributed by atoms with Crippen LogP contribution in [0.2, 0.25) is 0 Å². The maximum absolute atomic E-state index is 11.5. The third kappa shape index (κ3) is 4.68. The van der Waals surface area contributed by atoms with Crippen LogP contribution in [0.5, 0.6) is 0 Å².